The number of aliphatic hydroxyl groups is 1. The summed E-state index contributed by atoms with van der Waals surface area (Å²) in [5.74, 6) is -4.56. The van der Waals surface area contributed by atoms with Crippen LogP contribution in [0, 0.1) is 0 Å². The fourth-order valence-corrected chi connectivity index (χ4v) is 2.57. The number of carbonyl (C=O) groups is 2. The van der Waals surface area contributed by atoms with Gasteiger partial charge in [-0.05, 0) is 29.8 Å². The monoisotopic (exact) mass is 416 g/mol. The van der Waals surface area contributed by atoms with E-state index in [1.807, 2.05) is 0 Å². The van der Waals surface area contributed by atoms with Gasteiger partial charge in [0, 0.05) is 5.02 Å². The van der Waals surface area contributed by atoms with Crippen molar-refractivity contribution in [2.75, 3.05) is 0 Å². The second-order valence-electron chi connectivity index (χ2n) is 4.26. The van der Waals surface area contributed by atoms with E-state index in [0.717, 1.165) is 12.2 Å². The van der Waals surface area contributed by atoms with Crippen LogP contribution in [-0.2, 0) is 9.59 Å². The van der Waals surface area contributed by atoms with Crippen molar-refractivity contribution in [3.05, 3.63) is 57.8 Å². The number of halogens is 5. The number of benzene rings is 1. The van der Waals surface area contributed by atoms with Gasteiger partial charge < -0.3 is 10.2 Å². The van der Waals surface area contributed by atoms with Crippen molar-refractivity contribution < 1.29 is 19.8 Å². The van der Waals surface area contributed by atoms with Crippen molar-refractivity contribution in [3.8, 4) is 0 Å². The first-order chi connectivity index (χ1) is 10.5. The van der Waals surface area contributed by atoms with Gasteiger partial charge in [0.25, 0.3) is 0 Å². The summed E-state index contributed by atoms with van der Waals surface area (Å²) in [6.07, 6.45) is 1.83. The topological polar surface area (TPSA) is 74.6 Å². The molecule has 9 heteroatoms. The molecule has 2 N–H and O–H groups in total. The normalized spacial score (nSPS) is 14.5. The summed E-state index contributed by atoms with van der Waals surface area (Å²) in [5, 5.41) is 17.6. The molecule has 124 valence electrons. The van der Waals surface area contributed by atoms with Gasteiger partial charge in [0.1, 0.15) is 0 Å². The van der Waals surface area contributed by atoms with Gasteiger partial charge in [-0.3, -0.25) is 4.79 Å². The number of ketones is 1. The van der Waals surface area contributed by atoms with Crippen LogP contribution in [-0.4, -0.2) is 25.8 Å². The quantitative estimate of drug-likeness (QED) is 0.305. The third kappa shape index (κ3) is 5.90. The third-order valence-electron chi connectivity index (χ3n) is 2.64. The van der Waals surface area contributed by atoms with Gasteiger partial charge >= 0.3 is 5.97 Å². The zero-order chi connectivity index (χ0) is 17.8. The zero-order valence-corrected chi connectivity index (χ0v) is 14.9. The zero-order valence-electron chi connectivity index (χ0n) is 11.1. The van der Waals surface area contributed by atoms with Crippen molar-refractivity contribution in [1.29, 1.82) is 0 Å². The molecular weight excluding hydrogens is 409 g/mol. The van der Waals surface area contributed by atoms with Crippen LogP contribution in [0.15, 0.2) is 47.2 Å². The van der Waals surface area contributed by atoms with Crippen LogP contribution in [0.3, 0.4) is 0 Å². The minimum Gasteiger partial charge on any atom is -0.501 e. The lowest BCUT2D eigenvalue weighted by Gasteiger charge is -2.22. The Labute approximate surface area is 156 Å². The highest BCUT2D eigenvalue weighted by atomic mass is 35.6. The first kappa shape index (κ1) is 20.1. The van der Waals surface area contributed by atoms with E-state index in [-0.39, 0.29) is 0 Å². The highest BCUT2D eigenvalue weighted by Gasteiger charge is 2.38. The number of hydrogen-bond donors (Lipinski definition) is 2. The molecule has 0 aliphatic rings. The van der Waals surface area contributed by atoms with Gasteiger partial charge in [-0.2, -0.15) is 0 Å². The van der Waals surface area contributed by atoms with Crippen LogP contribution in [0.25, 0.3) is 0 Å². The number of carboxylic acids is 1. The Morgan fingerprint density at radius 3 is 2.00 bits per heavy atom. The lowest BCUT2D eigenvalue weighted by atomic mass is 9.95. The van der Waals surface area contributed by atoms with Crippen molar-refractivity contribution in [2.24, 2.45) is 0 Å². The van der Waals surface area contributed by atoms with E-state index in [1.54, 1.807) is 0 Å². The predicted octanol–water partition coefficient (Wildman–Crippen LogP) is 5.01. The number of aliphatic hydroxyl groups excluding tert-OH is 1. The molecule has 1 aromatic carbocycles. The van der Waals surface area contributed by atoms with E-state index in [9.17, 15) is 9.59 Å². The van der Waals surface area contributed by atoms with E-state index in [4.69, 9.17) is 68.2 Å². The van der Waals surface area contributed by atoms with Gasteiger partial charge in [0.2, 0.25) is 9.55 Å². The van der Waals surface area contributed by atoms with Crippen molar-refractivity contribution in [3.63, 3.8) is 0 Å². The highest BCUT2D eigenvalue weighted by molar-refractivity contribution is 6.69. The summed E-state index contributed by atoms with van der Waals surface area (Å²) in [7, 11) is 0. The maximum Gasteiger partial charge on any atom is 0.372 e. The number of allylic oxidation sites excluding steroid dienone is 3. The number of aliphatic carboxylic acids is 1. The number of rotatable bonds is 5. The largest absolute Gasteiger partial charge is 0.501 e. The Hall–Kier alpha value is -0.910. The summed E-state index contributed by atoms with van der Waals surface area (Å²) in [5.41, 5.74) is 0.395. The highest BCUT2D eigenvalue weighted by Crippen LogP contribution is 2.42. The van der Waals surface area contributed by atoms with E-state index >= 15 is 0 Å². The standard InChI is InChI=1S/C14H9Cl5O4/c15-8-3-1-7(2-4-8)11(14(17,18)19)10(20)6-5-9(16)12(21)13(22)23/h1-6,11,21H,(H,22,23)/b6-5-,12-9-. The minimum atomic E-state index is -1.96. The molecule has 0 spiro atoms. The average Bonchev–Trinajstić information content (AvgIpc) is 2.44. The molecule has 0 aliphatic heterocycles. The Morgan fingerprint density at radius 1 is 1.04 bits per heavy atom. The van der Waals surface area contributed by atoms with Crippen LogP contribution in [0.2, 0.25) is 5.02 Å². The fraction of sp³-hybridized carbons (Fsp3) is 0.143. The van der Waals surface area contributed by atoms with Crippen LogP contribution in [0.5, 0.6) is 0 Å². The molecule has 1 atom stereocenters. The molecule has 23 heavy (non-hydrogen) atoms. The maximum atomic E-state index is 12.3. The molecule has 0 heterocycles. The fourth-order valence-electron chi connectivity index (χ4n) is 1.60. The summed E-state index contributed by atoms with van der Waals surface area (Å²) in [4.78, 5) is 22.8. The van der Waals surface area contributed by atoms with Crippen LogP contribution >= 0.6 is 58.0 Å². The number of carboxylic acid groups (broad SMARTS) is 1. The molecule has 0 amide bonds. The van der Waals surface area contributed by atoms with E-state index in [1.165, 1.54) is 24.3 Å². The Bertz CT molecular complexity index is 659. The molecule has 1 aromatic rings. The Morgan fingerprint density at radius 2 is 1.57 bits per heavy atom. The molecule has 0 aromatic heterocycles. The molecule has 1 rings (SSSR count). The van der Waals surface area contributed by atoms with E-state index in [0.29, 0.717) is 10.6 Å². The average molecular weight is 418 g/mol. The minimum absolute atomic E-state index is 0.395. The SMILES string of the molecule is O=C(O)/C(O)=C(Cl)\C=C/C(=O)C(c1ccc(Cl)cc1)C(Cl)(Cl)Cl. The lowest BCUT2D eigenvalue weighted by Crippen LogP contribution is -2.24. The molecule has 1 unspecified atom stereocenters. The molecule has 0 aliphatic carbocycles. The number of hydrogen-bond acceptors (Lipinski definition) is 3. The summed E-state index contributed by atoms with van der Waals surface area (Å²) in [6, 6.07) is 6.10. The number of carbonyl (C=O) groups excluding carboxylic acids is 1. The predicted molar refractivity (Wildman–Crippen MR) is 91.8 cm³/mol. The van der Waals surface area contributed by atoms with Gasteiger partial charge in [0.15, 0.2) is 5.78 Å². The molecule has 0 saturated carbocycles. The van der Waals surface area contributed by atoms with Crippen LogP contribution < -0.4 is 0 Å². The smallest absolute Gasteiger partial charge is 0.372 e. The molecule has 0 saturated heterocycles. The summed E-state index contributed by atoms with van der Waals surface area (Å²) in [6.45, 7) is 0. The van der Waals surface area contributed by atoms with Crippen LogP contribution in [0.4, 0.5) is 0 Å². The second kappa shape index (κ2) is 8.27. The maximum absolute atomic E-state index is 12.3. The molecule has 0 bridgehead atoms. The van der Waals surface area contributed by atoms with Crippen molar-refractivity contribution in [2.45, 2.75) is 9.71 Å². The Kier molecular flexibility index (Phi) is 7.24. The first-order valence-corrected chi connectivity index (χ1v) is 7.79. The third-order valence-corrected chi connectivity index (χ3v) is 3.85. The molecular formula is C14H9Cl5O4. The van der Waals surface area contributed by atoms with Gasteiger partial charge in [-0.1, -0.05) is 70.1 Å². The van der Waals surface area contributed by atoms with Gasteiger partial charge in [0.05, 0.1) is 11.0 Å². The summed E-state index contributed by atoms with van der Waals surface area (Å²) >= 11 is 28.9. The molecule has 0 fully saturated rings. The second-order valence-corrected chi connectivity index (χ2v) is 7.48. The first-order valence-electron chi connectivity index (χ1n) is 5.90. The van der Waals surface area contributed by atoms with E-state index < -0.39 is 32.3 Å². The van der Waals surface area contributed by atoms with E-state index in [2.05, 4.69) is 0 Å². The van der Waals surface area contributed by atoms with Gasteiger partial charge in [-0.15, -0.1) is 0 Å². The molecule has 0 radical (unpaired) electrons. The van der Waals surface area contributed by atoms with Gasteiger partial charge in [-0.25, -0.2) is 4.79 Å². The summed E-state index contributed by atoms with van der Waals surface area (Å²) < 4.78 is -1.96. The van der Waals surface area contributed by atoms with Crippen molar-refractivity contribution in [1.82, 2.24) is 0 Å². The van der Waals surface area contributed by atoms with Crippen molar-refractivity contribution >= 4 is 69.8 Å². The molecule has 4 nitrogen and oxygen atoms in total. The lowest BCUT2D eigenvalue weighted by molar-refractivity contribution is -0.135. The Balaban J connectivity index is 3.15. The van der Waals surface area contributed by atoms with Crippen LogP contribution in [0.1, 0.15) is 11.5 Å². The number of alkyl halides is 3.